The lowest BCUT2D eigenvalue weighted by Crippen LogP contribution is -2.05. The summed E-state index contributed by atoms with van der Waals surface area (Å²) in [6.07, 6.45) is 3.36. The number of fused-ring (bicyclic) bond motifs is 1. The molecule has 0 amide bonds. The molecule has 2 heterocycles. The van der Waals surface area contributed by atoms with E-state index in [2.05, 4.69) is 9.97 Å². The predicted molar refractivity (Wildman–Crippen MR) is 53.9 cm³/mol. The summed E-state index contributed by atoms with van der Waals surface area (Å²) in [6, 6.07) is 1.97. The molecule has 74 valence electrons. The van der Waals surface area contributed by atoms with Gasteiger partial charge < -0.3 is 10.2 Å². The molecule has 0 unspecified atom stereocenters. The van der Waals surface area contributed by atoms with E-state index in [1.165, 1.54) is 0 Å². The lowest BCUT2D eigenvalue weighted by molar-refractivity contribution is 0.545. The average Bonchev–Trinajstić information content (AvgIpc) is 2.60. The first-order valence-electron chi connectivity index (χ1n) is 4.78. The fourth-order valence-corrected chi connectivity index (χ4v) is 1.34. The molecule has 0 aliphatic carbocycles. The zero-order chi connectivity index (χ0) is 9.97. The highest BCUT2D eigenvalue weighted by Gasteiger charge is 2.05. The summed E-state index contributed by atoms with van der Waals surface area (Å²) in [5.41, 5.74) is 6.09. The molecule has 2 N–H and O–H groups in total. The van der Waals surface area contributed by atoms with Crippen molar-refractivity contribution in [3.8, 4) is 0 Å². The Morgan fingerprint density at radius 1 is 1.50 bits per heavy atom. The van der Waals surface area contributed by atoms with Gasteiger partial charge in [-0.3, -0.25) is 0 Å². The summed E-state index contributed by atoms with van der Waals surface area (Å²) in [4.78, 5) is 8.47. The number of nitrogens with two attached hydrogens (primary N) is 1. The van der Waals surface area contributed by atoms with Crippen LogP contribution in [-0.2, 0) is 12.8 Å². The van der Waals surface area contributed by atoms with Crippen LogP contribution >= 0.6 is 0 Å². The normalized spacial score (nSPS) is 11.0. The molecule has 14 heavy (non-hydrogen) atoms. The number of furan rings is 1. The van der Waals surface area contributed by atoms with Crippen LogP contribution in [-0.4, -0.2) is 16.5 Å². The molecular formula is C10H13N3O. The van der Waals surface area contributed by atoms with Crippen LogP contribution in [0.4, 0.5) is 0 Å². The number of nitrogens with zero attached hydrogens (tertiary/aromatic N) is 2. The van der Waals surface area contributed by atoms with Gasteiger partial charge in [0.05, 0.1) is 5.39 Å². The molecule has 2 rings (SSSR count). The molecule has 2 aromatic heterocycles. The van der Waals surface area contributed by atoms with Crippen molar-refractivity contribution >= 4 is 11.1 Å². The van der Waals surface area contributed by atoms with E-state index in [-0.39, 0.29) is 0 Å². The maximum absolute atomic E-state index is 5.51. The SMILES string of the molecule is CCc1cc2cnc(CCN)nc2o1. The molecule has 2 aromatic rings. The summed E-state index contributed by atoms with van der Waals surface area (Å²) in [5, 5.41) is 0.961. The van der Waals surface area contributed by atoms with Crippen molar-refractivity contribution in [1.82, 2.24) is 9.97 Å². The van der Waals surface area contributed by atoms with Crippen LogP contribution in [0.2, 0.25) is 0 Å². The van der Waals surface area contributed by atoms with Gasteiger partial charge in [0.25, 0.3) is 0 Å². The molecule has 4 heteroatoms. The smallest absolute Gasteiger partial charge is 0.229 e. The molecule has 0 aliphatic rings. The van der Waals surface area contributed by atoms with Crippen molar-refractivity contribution in [2.75, 3.05) is 6.54 Å². The van der Waals surface area contributed by atoms with E-state index < -0.39 is 0 Å². The minimum atomic E-state index is 0.562. The Morgan fingerprint density at radius 3 is 3.07 bits per heavy atom. The van der Waals surface area contributed by atoms with Crippen molar-refractivity contribution < 1.29 is 4.42 Å². The number of hydrogen-bond acceptors (Lipinski definition) is 4. The standard InChI is InChI=1S/C10H13N3O/c1-2-8-5-7-6-12-9(3-4-11)13-10(7)14-8/h5-6H,2-4,11H2,1H3. The van der Waals surface area contributed by atoms with Crippen molar-refractivity contribution in [3.05, 3.63) is 23.8 Å². The number of hydrogen-bond donors (Lipinski definition) is 1. The Kier molecular flexibility index (Phi) is 2.45. The Bertz CT molecular complexity index is 436. The summed E-state index contributed by atoms with van der Waals surface area (Å²) < 4.78 is 5.51. The van der Waals surface area contributed by atoms with Gasteiger partial charge in [-0.1, -0.05) is 6.92 Å². The molecule has 0 fully saturated rings. The van der Waals surface area contributed by atoms with Gasteiger partial charge in [-0.25, -0.2) is 4.98 Å². The summed E-state index contributed by atoms with van der Waals surface area (Å²) in [5.74, 6) is 1.69. The van der Waals surface area contributed by atoms with E-state index >= 15 is 0 Å². The fourth-order valence-electron chi connectivity index (χ4n) is 1.34. The zero-order valence-corrected chi connectivity index (χ0v) is 8.16. The molecule has 0 radical (unpaired) electrons. The Balaban J connectivity index is 2.43. The zero-order valence-electron chi connectivity index (χ0n) is 8.16. The maximum Gasteiger partial charge on any atom is 0.229 e. The maximum atomic E-state index is 5.51. The molecule has 0 bridgehead atoms. The van der Waals surface area contributed by atoms with Crippen LogP contribution in [0.15, 0.2) is 16.7 Å². The van der Waals surface area contributed by atoms with Crippen molar-refractivity contribution in [3.63, 3.8) is 0 Å². The van der Waals surface area contributed by atoms with Crippen molar-refractivity contribution in [1.29, 1.82) is 0 Å². The van der Waals surface area contributed by atoms with E-state index in [1.54, 1.807) is 6.20 Å². The first-order valence-corrected chi connectivity index (χ1v) is 4.78. The molecule has 0 aliphatic heterocycles. The molecule has 0 saturated heterocycles. The Labute approximate surface area is 82.1 Å². The molecule has 0 aromatic carbocycles. The summed E-state index contributed by atoms with van der Waals surface area (Å²) in [7, 11) is 0. The fraction of sp³-hybridized carbons (Fsp3) is 0.400. The lowest BCUT2D eigenvalue weighted by atomic mass is 10.3. The third-order valence-electron chi connectivity index (χ3n) is 2.09. The topological polar surface area (TPSA) is 64.9 Å². The second-order valence-corrected chi connectivity index (χ2v) is 3.15. The summed E-state index contributed by atoms with van der Waals surface area (Å²) in [6.45, 7) is 2.61. The highest BCUT2D eigenvalue weighted by molar-refractivity contribution is 5.72. The largest absolute Gasteiger partial charge is 0.443 e. The monoisotopic (exact) mass is 191 g/mol. The van der Waals surface area contributed by atoms with E-state index in [0.717, 1.165) is 23.4 Å². The lowest BCUT2D eigenvalue weighted by Gasteiger charge is -1.94. The van der Waals surface area contributed by atoms with Crippen LogP contribution < -0.4 is 5.73 Å². The minimum absolute atomic E-state index is 0.562. The first-order chi connectivity index (χ1) is 6.83. The van der Waals surface area contributed by atoms with E-state index in [4.69, 9.17) is 10.2 Å². The number of rotatable bonds is 3. The Hall–Kier alpha value is -1.42. The van der Waals surface area contributed by atoms with Gasteiger partial charge in [0.2, 0.25) is 5.71 Å². The first kappa shape index (κ1) is 9.15. The molecule has 4 nitrogen and oxygen atoms in total. The second-order valence-electron chi connectivity index (χ2n) is 3.15. The summed E-state index contributed by atoms with van der Waals surface area (Å²) >= 11 is 0. The molecule has 0 saturated carbocycles. The van der Waals surface area contributed by atoms with Gasteiger partial charge in [0.15, 0.2) is 0 Å². The van der Waals surface area contributed by atoms with Crippen molar-refractivity contribution in [2.24, 2.45) is 5.73 Å². The van der Waals surface area contributed by atoms with E-state index in [1.807, 2.05) is 13.0 Å². The molecule has 0 atom stereocenters. The van der Waals surface area contributed by atoms with Crippen LogP contribution in [0.3, 0.4) is 0 Å². The molecule has 0 spiro atoms. The highest BCUT2D eigenvalue weighted by Crippen LogP contribution is 2.16. The van der Waals surface area contributed by atoms with Gasteiger partial charge >= 0.3 is 0 Å². The van der Waals surface area contributed by atoms with Gasteiger partial charge in [-0.15, -0.1) is 0 Å². The third kappa shape index (κ3) is 1.61. The van der Waals surface area contributed by atoms with E-state index in [9.17, 15) is 0 Å². The van der Waals surface area contributed by atoms with Gasteiger partial charge in [-0.2, -0.15) is 4.98 Å². The van der Waals surface area contributed by atoms with Crippen LogP contribution in [0.25, 0.3) is 11.1 Å². The van der Waals surface area contributed by atoms with Gasteiger partial charge in [0.1, 0.15) is 11.6 Å². The van der Waals surface area contributed by atoms with Crippen LogP contribution in [0.5, 0.6) is 0 Å². The number of aromatic nitrogens is 2. The van der Waals surface area contributed by atoms with Crippen LogP contribution in [0, 0.1) is 0 Å². The minimum Gasteiger partial charge on any atom is -0.443 e. The van der Waals surface area contributed by atoms with Gasteiger partial charge in [-0.05, 0) is 12.6 Å². The average molecular weight is 191 g/mol. The third-order valence-corrected chi connectivity index (χ3v) is 2.09. The van der Waals surface area contributed by atoms with Gasteiger partial charge in [0, 0.05) is 19.0 Å². The second kappa shape index (κ2) is 3.75. The number of aryl methyl sites for hydroxylation is 1. The van der Waals surface area contributed by atoms with E-state index in [0.29, 0.717) is 18.7 Å². The van der Waals surface area contributed by atoms with Crippen molar-refractivity contribution in [2.45, 2.75) is 19.8 Å². The highest BCUT2D eigenvalue weighted by atomic mass is 16.3. The quantitative estimate of drug-likeness (QED) is 0.793. The predicted octanol–water partition coefficient (Wildman–Crippen LogP) is 1.29. The molecular weight excluding hydrogens is 178 g/mol. The van der Waals surface area contributed by atoms with Crippen LogP contribution in [0.1, 0.15) is 18.5 Å². The Morgan fingerprint density at radius 2 is 2.36 bits per heavy atom.